The molecule has 1 heterocycles. The Labute approximate surface area is 217 Å². The van der Waals surface area contributed by atoms with E-state index in [1.807, 2.05) is 80.6 Å². The quantitative estimate of drug-likeness (QED) is 0.169. The van der Waals surface area contributed by atoms with Crippen molar-refractivity contribution in [2.24, 2.45) is 11.6 Å². The van der Waals surface area contributed by atoms with Gasteiger partial charge in [-0.2, -0.15) is 5.10 Å². The number of carbonyl (C=O) groups is 1. The highest BCUT2D eigenvalue weighted by atomic mass is 16.5. The molecule has 0 aliphatic rings. The van der Waals surface area contributed by atoms with Gasteiger partial charge in [-0.25, -0.2) is 10.5 Å². The van der Waals surface area contributed by atoms with E-state index in [-0.39, 0.29) is 12.0 Å². The number of hydrogen-bond acceptors (Lipinski definition) is 6. The molecular weight excluding hydrogens is 462 g/mol. The third-order valence-electron chi connectivity index (χ3n) is 6.30. The second kappa shape index (κ2) is 11.6. The van der Waals surface area contributed by atoms with Gasteiger partial charge in [-0.15, -0.1) is 0 Å². The molecule has 0 saturated heterocycles. The summed E-state index contributed by atoms with van der Waals surface area (Å²) in [6, 6.07) is 26.2. The zero-order valence-corrected chi connectivity index (χ0v) is 21.4. The number of nitrogens with two attached hydrogens (primary N) is 2. The third-order valence-corrected chi connectivity index (χ3v) is 6.30. The van der Waals surface area contributed by atoms with Crippen molar-refractivity contribution in [1.29, 1.82) is 0 Å². The number of ether oxygens (including phenoxy) is 1. The van der Waals surface area contributed by atoms with Crippen molar-refractivity contribution in [3.05, 3.63) is 114 Å². The lowest BCUT2D eigenvalue weighted by Gasteiger charge is -2.20. The average molecular weight is 496 g/mol. The zero-order valence-electron chi connectivity index (χ0n) is 21.4. The summed E-state index contributed by atoms with van der Waals surface area (Å²) in [5.74, 6) is 6.35. The normalized spacial score (nSPS) is 13.1. The smallest absolute Gasteiger partial charge is 0.153 e. The largest absolute Gasteiger partial charge is 0.486 e. The number of carbonyl (C=O) groups excluding carboxylic acids is 1. The van der Waals surface area contributed by atoms with Crippen LogP contribution in [0.2, 0.25) is 0 Å². The number of hydrogen-bond donors (Lipinski definition) is 2. The van der Waals surface area contributed by atoms with Crippen LogP contribution in [0.4, 0.5) is 0 Å². The molecule has 0 spiro atoms. The predicted molar refractivity (Wildman–Crippen MR) is 147 cm³/mol. The van der Waals surface area contributed by atoms with Gasteiger partial charge in [0, 0.05) is 24.9 Å². The Kier molecular flexibility index (Phi) is 8.05. The van der Waals surface area contributed by atoms with Gasteiger partial charge >= 0.3 is 0 Å². The molecule has 4 aromatic rings. The summed E-state index contributed by atoms with van der Waals surface area (Å²) in [4.78, 5) is 11.9. The van der Waals surface area contributed by atoms with Gasteiger partial charge in [-0.05, 0) is 54.3 Å². The van der Waals surface area contributed by atoms with E-state index in [0.717, 1.165) is 40.1 Å². The van der Waals surface area contributed by atoms with Gasteiger partial charge in [-0.1, -0.05) is 61.5 Å². The van der Waals surface area contributed by atoms with Gasteiger partial charge in [0.15, 0.2) is 6.29 Å². The summed E-state index contributed by atoms with van der Waals surface area (Å²) in [5, 5.41) is 5.96. The number of hydrazine groups is 1. The van der Waals surface area contributed by atoms with E-state index in [9.17, 15) is 4.79 Å². The summed E-state index contributed by atoms with van der Waals surface area (Å²) < 4.78 is 8.02. The van der Waals surface area contributed by atoms with Crippen molar-refractivity contribution in [3.8, 4) is 22.6 Å². The van der Waals surface area contributed by atoms with E-state index in [2.05, 4.69) is 17.2 Å². The highest BCUT2D eigenvalue weighted by molar-refractivity contribution is 5.77. The standard InChI is InChI=1S/C30H33N5O2/c1-4-28(29(31)19-34(3)32)30-25(20-36)18-33-35(30)26-14-8-12-23(16-26)24-13-9-15-27(17-24)37-21(2)22-10-6-5-7-11-22/h5-21,28H,4,31-32H2,1-3H3/b29-19-. The number of benzene rings is 3. The van der Waals surface area contributed by atoms with Gasteiger partial charge < -0.3 is 15.5 Å². The second-order valence-corrected chi connectivity index (χ2v) is 9.02. The maximum absolute atomic E-state index is 11.9. The summed E-state index contributed by atoms with van der Waals surface area (Å²) in [6.07, 6.45) is 4.67. The van der Waals surface area contributed by atoms with Crippen LogP contribution in [0.3, 0.4) is 0 Å². The Balaban J connectivity index is 1.68. The monoisotopic (exact) mass is 495 g/mol. The summed E-state index contributed by atoms with van der Waals surface area (Å²) >= 11 is 0. The Morgan fingerprint density at radius 2 is 1.76 bits per heavy atom. The first kappa shape index (κ1) is 25.7. The Hall–Kier alpha value is -4.36. The maximum atomic E-state index is 11.9. The first-order chi connectivity index (χ1) is 17.9. The molecule has 0 fully saturated rings. The van der Waals surface area contributed by atoms with E-state index < -0.39 is 0 Å². The fourth-order valence-electron chi connectivity index (χ4n) is 4.49. The third kappa shape index (κ3) is 5.90. The van der Waals surface area contributed by atoms with Crippen molar-refractivity contribution in [3.63, 3.8) is 0 Å². The molecular formula is C30H33N5O2. The molecule has 0 saturated carbocycles. The number of aromatic nitrogens is 2. The van der Waals surface area contributed by atoms with Crippen molar-refractivity contribution < 1.29 is 9.53 Å². The fraction of sp³-hybridized carbons (Fsp3) is 0.200. The minimum Gasteiger partial charge on any atom is -0.486 e. The molecule has 0 radical (unpaired) electrons. The van der Waals surface area contributed by atoms with Crippen LogP contribution in [-0.4, -0.2) is 28.1 Å². The molecule has 7 nitrogen and oxygen atoms in total. The van der Waals surface area contributed by atoms with Gasteiger partial charge in [0.1, 0.15) is 11.9 Å². The molecule has 37 heavy (non-hydrogen) atoms. The van der Waals surface area contributed by atoms with Crippen LogP contribution in [0.15, 0.2) is 97.0 Å². The average Bonchev–Trinajstić information content (AvgIpc) is 3.33. The zero-order chi connectivity index (χ0) is 26.4. The molecule has 0 aliphatic carbocycles. The van der Waals surface area contributed by atoms with Gasteiger partial charge in [0.05, 0.1) is 23.1 Å². The van der Waals surface area contributed by atoms with E-state index in [4.69, 9.17) is 16.3 Å². The topological polar surface area (TPSA) is 99.4 Å². The minimum absolute atomic E-state index is 0.0757. The Morgan fingerprint density at radius 3 is 2.43 bits per heavy atom. The van der Waals surface area contributed by atoms with Crippen LogP contribution < -0.4 is 16.3 Å². The van der Waals surface area contributed by atoms with Crippen molar-refractivity contribution in [2.75, 3.05) is 7.05 Å². The molecule has 0 bridgehead atoms. The second-order valence-electron chi connectivity index (χ2n) is 9.02. The lowest BCUT2D eigenvalue weighted by Crippen LogP contribution is -2.24. The first-order valence-corrected chi connectivity index (χ1v) is 12.3. The van der Waals surface area contributed by atoms with Crippen molar-refractivity contribution >= 4 is 6.29 Å². The van der Waals surface area contributed by atoms with Crippen LogP contribution in [0.1, 0.15) is 53.9 Å². The molecule has 4 N–H and O–H groups in total. The molecule has 0 aliphatic heterocycles. The highest BCUT2D eigenvalue weighted by Gasteiger charge is 2.23. The maximum Gasteiger partial charge on any atom is 0.153 e. The summed E-state index contributed by atoms with van der Waals surface area (Å²) in [5.41, 5.74) is 12.1. The van der Waals surface area contributed by atoms with Crippen molar-refractivity contribution in [1.82, 2.24) is 14.8 Å². The molecule has 1 aromatic heterocycles. The summed E-state index contributed by atoms with van der Waals surface area (Å²) in [6.45, 7) is 4.06. The SMILES string of the molecule is CCC(/C(N)=C/N(C)N)c1c(C=O)cnn1-c1cccc(-c2cccc(OC(C)c3ccccc3)c2)c1. The number of nitrogens with zero attached hydrogens (tertiary/aromatic N) is 3. The molecule has 2 atom stereocenters. The minimum atomic E-state index is -0.228. The molecule has 7 heteroatoms. The van der Waals surface area contributed by atoms with Crippen molar-refractivity contribution in [2.45, 2.75) is 32.3 Å². The van der Waals surface area contributed by atoms with Crippen LogP contribution >= 0.6 is 0 Å². The van der Waals surface area contributed by atoms with Crippen LogP contribution in [-0.2, 0) is 0 Å². The van der Waals surface area contributed by atoms with Gasteiger partial charge in [0.25, 0.3) is 0 Å². The Morgan fingerprint density at radius 1 is 1.05 bits per heavy atom. The highest BCUT2D eigenvalue weighted by Crippen LogP contribution is 2.32. The molecule has 190 valence electrons. The van der Waals surface area contributed by atoms with E-state index in [1.165, 1.54) is 5.01 Å². The summed E-state index contributed by atoms with van der Waals surface area (Å²) in [7, 11) is 1.71. The Bertz CT molecular complexity index is 1380. The van der Waals surface area contributed by atoms with Gasteiger partial charge in [-0.3, -0.25) is 4.79 Å². The van der Waals surface area contributed by atoms with Crippen LogP contribution in [0.5, 0.6) is 5.75 Å². The van der Waals surface area contributed by atoms with E-state index in [0.29, 0.717) is 17.7 Å². The fourth-order valence-corrected chi connectivity index (χ4v) is 4.49. The lowest BCUT2D eigenvalue weighted by atomic mass is 9.95. The van der Waals surface area contributed by atoms with E-state index >= 15 is 0 Å². The molecule has 3 aromatic carbocycles. The molecule has 2 unspecified atom stereocenters. The molecule has 4 rings (SSSR count). The van der Waals surface area contributed by atoms with Crippen LogP contribution in [0.25, 0.3) is 16.8 Å². The van der Waals surface area contributed by atoms with Gasteiger partial charge in [0.2, 0.25) is 0 Å². The predicted octanol–water partition coefficient (Wildman–Crippen LogP) is 5.59. The first-order valence-electron chi connectivity index (χ1n) is 12.3. The lowest BCUT2D eigenvalue weighted by molar-refractivity contribution is 0.112. The number of allylic oxidation sites excluding steroid dienone is 1. The number of aldehydes is 1. The number of rotatable bonds is 10. The molecule has 0 amide bonds. The van der Waals surface area contributed by atoms with E-state index in [1.54, 1.807) is 24.1 Å². The van der Waals surface area contributed by atoms with Crippen LogP contribution in [0, 0.1) is 0 Å².